The van der Waals surface area contributed by atoms with Crippen LogP contribution in [0, 0.1) is 5.82 Å². The molecule has 0 atom stereocenters. The fourth-order valence-electron chi connectivity index (χ4n) is 4.71. The lowest BCUT2D eigenvalue weighted by molar-refractivity contribution is 0.0737. The number of hydrogen-bond donors (Lipinski definition) is 1. The van der Waals surface area contributed by atoms with Crippen LogP contribution in [0.15, 0.2) is 28.2 Å². The normalized spacial score (nSPS) is 22.6. The second kappa shape index (κ2) is 8.57. The summed E-state index contributed by atoms with van der Waals surface area (Å²) < 4.78 is 21.9. The maximum absolute atomic E-state index is 14.0. The number of carbonyl (C=O) groups excluding carboxylic acids is 1. The van der Waals surface area contributed by atoms with Gasteiger partial charge in [0.05, 0.1) is 36.1 Å². The molecule has 0 spiro atoms. The molecular formula is C24H27ClFN5O2. The van der Waals surface area contributed by atoms with Gasteiger partial charge in [-0.3, -0.25) is 4.79 Å². The van der Waals surface area contributed by atoms with Crippen LogP contribution < -0.4 is 10.5 Å². The molecule has 5 rings (SSSR count). The molecule has 7 nitrogen and oxygen atoms in total. The van der Waals surface area contributed by atoms with Crippen LogP contribution in [0.4, 0.5) is 10.2 Å². The lowest BCUT2D eigenvalue weighted by Crippen LogP contribution is -2.32. The van der Waals surface area contributed by atoms with Crippen molar-refractivity contribution < 1.29 is 13.9 Å². The van der Waals surface area contributed by atoms with E-state index in [4.69, 9.17) is 32.2 Å². The van der Waals surface area contributed by atoms with E-state index < -0.39 is 5.82 Å². The third-order valence-electron chi connectivity index (χ3n) is 6.62. The van der Waals surface area contributed by atoms with Gasteiger partial charge in [0.15, 0.2) is 5.82 Å². The first kappa shape index (κ1) is 22.1. The fraction of sp³-hybridized carbons (Fsp3) is 0.458. The lowest BCUT2D eigenvalue weighted by Gasteiger charge is -2.28. The van der Waals surface area contributed by atoms with Gasteiger partial charge in [0.1, 0.15) is 11.6 Å². The predicted octanol–water partition coefficient (Wildman–Crippen LogP) is 4.75. The van der Waals surface area contributed by atoms with Crippen molar-refractivity contribution in [2.24, 2.45) is 10.7 Å². The molecule has 174 valence electrons. The molecular weight excluding hydrogens is 445 g/mol. The maximum Gasteiger partial charge on any atom is 0.258 e. The van der Waals surface area contributed by atoms with Gasteiger partial charge < -0.3 is 15.4 Å². The second-order valence-electron chi connectivity index (χ2n) is 9.13. The zero-order valence-corrected chi connectivity index (χ0v) is 19.5. The van der Waals surface area contributed by atoms with Crippen LogP contribution in [0.2, 0.25) is 0 Å². The Morgan fingerprint density at radius 3 is 2.73 bits per heavy atom. The van der Waals surface area contributed by atoms with Crippen molar-refractivity contribution in [2.45, 2.75) is 71.2 Å². The van der Waals surface area contributed by atoms with Gasteiger partial charge in [0.2, 0.25) is 0 Å². The van der Waals surface area contributed by atoms with Crippen molar-refractivity contribution in [1.82, 2.24) is 14.7 Å². The number of allylic oxidation sites excluding steroid dienone is 2. The largest absolute Gasteiger partial charge is 0.489 e. The summed E-state index contributed by atoms with van der Waals surface area (Å²) in [6.45, 7) is 4.58. The highest BCUT2D eigenvalue weighted by Gasteiger charge is 2.34. The van der Waals surface area contributed by atoms with Crippen LogP contribution in [0.3, 0.4) is 0 Å². The van der Waals surface area contributed by atoms with E-state index in [1.807, 2.05) is 13.8 Å². The molecule has 1 aliphatic carbocycles. The first-order valence-electron chi connectivity index (χ1n) is 11.3. The third-order valence-corrected chi connectivity index (χ3v) is 7.03. The molecule has 3 aliphatic rings. The van der Waals surface area contributed by atoms with E-state index in [1.165, 1.54) is 18.2 Å². The molecule has 1 aromatic carbocycles. The average molecular weight is 472 g/mol. The van der Waals surface area contributed by atoms with Gasteiger partial charge in [-0.2, -0.15) is 5.10 Å². The van der Waals surface area contributed by atoms with Crippen LogP contribution in [-0.4, -0.2) is 38.4 Å². The molecule has 3 heterocycles. The van der Waals surface area contributed by atoms with Gasteiger partial charge in [-0.25, -0.2) is 14.1 Å². The number of ether oxygens (including phenoxy) is 1. The van der Waals surface area contributed by atoms with Gasteiger partial charge >= 0.3 is 0 Å². The Labute approximate surface area is 197 Å². The number of nitrogens with two attached hydrogens (primary N) is 1. The van der Waals surface area contributed by atoms with Crippen molar-refractivity contribution in [2.75, 3.05) is 0 Å². The topological polar surface area (TPSA) is 85.7 Å². The van der Waals surface area contributed by atoms with Gasteiger partial charge in [-0.1, -0.05) is 11.6 Å². The summed E-state index contributed by atoms with van der Waals surface area (Å²) in [4.78, 5) is 19.9. The number of amides is 1. The van der Waals surface area contributed by atoms with E-state index >= 15 is 0 Å². The number of aliphatic imine (C=N–C) groups is 1. The number of hydrogen-bond acceptors (Lipinski definition) is 5. The highest BCUT2D eigenvalue weighted by Crippen LogP contribution is 2.38. The molecule has 2 N–H and O–H groups in total. The maximum atomic E-state index is 14.0. The molecule has 2 aliphatic heterocycles. The third kappa shape index (κ3) is 4.17. The molecule has 0 saturated heterocycles. The SMILES string of the molecule is CC1=Nc2c3c(nn2C(C)=C(Cl)C1)CN(C(=O)c1ccc(F)cc1O[C@H]1CC[C@@H](N)CC1)C3. The Hall–Kier alpha value is -2.71. The molecule has 1 saturated carbocycles. The summed E-state index contributed by atoms with van der Waals surface area (Å²) >= 11 is 6.42. The summed E-state index contributed by atoms with van der Waals surface area (Å²) in [6.07, 6.45) is 3.83. The van der Waals surface area contributed by atoms with Gasteiger partial charge in [-0.15, -0.1) is 0 Å². The molecule has 1 amide bonds. The summed E-state index contributed by atoms with van der Waals surface area (Å²) in [5.74, 6) is 0.362. The van der Waals surface area contributed by atoms with Gasteiger partial charge in [0.25, 0.3) is 5.91 Å². The molecule has 2 aromatic rings. The summed E-state index contributed by atoms with van der Waals surface area (Å²) in [5, 5.41) is 5.40. The molecule has 0 unspecified atom stereocenters. The lowest BCUT2D eigenvalue weighted by atomic mass is 9.93. The van der Waals surface area contributed by atoms with Crippen LogP contribution in [-0.2, 0) is 13.1 Å². The van der Waals surface area contributed by atoms with E-state index in [0.29, 0.717) is 30.1 Å². The summed E-state index contributed by atoms with van der Waals surface area (Å²) in [7, 11) is 0. The second-order valence-corrected chi connectivity index (χ2v) is 9.59. The average Bonchev–Trinajstić information content (AvgIpc) is 3.31. The number of carbonyl (C=O) groups is 1. The van der Waals surface area contributed by atoms with Crippen molar-refractivity contribution in [3.8, 4) is 5.75 Å². The van der Waals surface area contributed by atoms with Crippen LogP contribution in [0.25, 0.3) is 5.70 Å². The minimum atomic E-state index is -0.431. The van der Waals surface area contributed by atoms with E-state index in [0.717, 1.165) is 54.2 Å². The first-order valence-corrected chi connectivity index (χ1v) is 11.7. The van der Waals surface area contributed by atoms with Gasteiger partial charge in [-0.05, 0) is 51.7 Å². The van der Waals surface area contributed by atoms with E-state index in [2.05, 4.69) is 0 Å². The minimum Gasteiger partial charge on any atom is -0.489 e. The monoisotopic (exact) mass is 471 g/mol. The van der Waals surface area contributed by atoms with Gasteiger partial charge in [0, 0.05) is 34.8 Å². The zero-order chi connectivity index (χ0) is 23.3. The Kier molecular flexibility index (Phi) is 5.74. The van der Waals surface area contributed by atoms with Crippen LogP contribution in [0.1, 0.15) is 67.6 Å². The Morgan fingerprint density at radius 1 is 1.21 bits per heavy atom. The molecule has 0 radical (unpaired) electrons. The number of nitrogens with zero attached hydrogens (tertiary/aromatic N) is 4. The first-order chi connectivity index (χ1) is 15.8. The molecule has 33 heavy (non-hydrogen) atoms. The zero-order valence-electron chi connectivity index (χ0n) is 18.8. The van der Waals surface area contributed by atoms with Crippen LogP contribution in [0.5, 0.6) is 5.75 Å². The quantitative estimate of drug-likeness (QED) is 0.699. The van der Waals surface area contributed by atoms with E-state index in [1.54, 1.807) is 9.58 Å². The van der Waals surface area contributed by atoms with Crippen molar-refractivity contribution in [1.29, 1.82) is 0 Å². The molecule has 1 aromatic heterocycles. The Bertz CT molecular complexity index is 1180. The fourth-order valence-corrected chi connectivity index (χ4v) is 4.98. The van der Waals surface area contributed by atoms with E-state index in [-0.39, 0.29) is 23.8 Å². The molecule has 9 heteroatoms. The number of halogens is 2. The summed E-state index contributed by atoms with van der Waals surface area (Å²) in [6, 6.07) is 4.28. The number of aromatic nitrogens is 2. The Balaban J connectivity index is 1.40. The highest BCUT2D eigenvalue weighted by atomic mass is 35.5. The van der Waals surface area contributed by atoms with E-state index in [9.17, 15) is 9.18 Å². The molecule has 0 bridgehead atoms. The number of rotatable bonds is 3. The van der Waals surface area contributed by atoms with Crippen LogP contribution >= 0.6 is 11.6 Å². The number of fused-ring (bicyclic) bond motifs is 3. The summed E-state index contributed by atoms with van der Waals surface area (Å²) in [5.41, 5.74) is 9.80. The predicted molar refractivity (Wildman–Crippen MR) is 125 cm³/mol. The van der Waals surface area contributed by atoms with Crippen molar-refractivity contribution >= 4 is 34.7 Å². The smallest absolute Gasteiger partial charge is 0.258 e. The minimum absolute atomic E-state index is 0.0678. The number of benzene rings is 1. The highest BCUT2D eigenvalue weighted by molar-refractivity contribution is 6.33. The Morgan fingerprint density at radius 2 is 1.97 bits per heavy atom. The van der Waals surface area contributed by atoms with Crippen molar-refractivity contribution in [3.63, 3.8) is 0 Å². The standard InChI is InChI=1S/C24H27ClFN5O2/c1-13-9-20(25)14(2)31-23(28-13)19-11-30(12-21(19)29-31)24(32)18-8-3-15(26)10-22(18)33-17-6-4-16(27)5-7-17/h3,8,10,16-17H,4-7,9,11-12,27H2,1-2H3/t16-,17+. The molecule has 1 fully saturated rings. The van der Waals surface area contributed by atoms with Crippen molar-refractivity contribution in [3.05, 3.63) is 45.9 Å².